The molecular weight excluding hydrogens is 617 g/mol. The number of benzene rings is 4. The number of aryl methyl sites for hydroxylation is 8. The van der Waals surface area contributed by atoms with Crippen LogP contribution in [-0.2, 0) is 52.4 Å². The minimum absolute atomic E-state index is 1.00. The lowest BCUT2D eigenvalue weighted by Gasteiger charge is -2.00. The van der Waals surface area contributed by atoms with Crippen LogP contribution in [0, 0.1) is 0 Å². The zero-order chi connectivity index (χ0) is 33.3. The Hall–Kier alpha value is -5.24. The molecule has 0 radical (unpaired) electrons. The molecule has 0 aliphatic carbocycles. The Labute approximate surface area is 293 Å². The Morgan fingerprint density at radius 1 is 0.300 bits per heavy atom. The van der Waals surface area contributed by atoms with Crippen molar-refractivity contribution in [3.05, 3.63) is 122 Å². The Kier molecular flexibility index (Phi) is 8.36. The van der Waals surface area contributed by atoms with E-state index in [4.69, 9.17) is 0 Å². The minimum atomic E-state index is 1.00. The molecule has 0 spiro atoms. The summed E-state index contributed by atoms with van der Waals surface area (Å²) in [5, 5.41) is 0. The van der Waals surface area contributed by atoms with Crippen molar-refractivity contribution in [1.82, 2.24) is 18.3 Å². The molecule has 1 aliphatic heterocycles. The molecule has 8 bridgehead atoms. The lowest BCUT2D eigenvalue weighted by Crippen LogP contribution is -2.38. The van der Waals surface area contributed by atoms with Crippen LogP contribution in [0.2, 0.25) is 0 Å². The summed E-state index contributed by atoms with van der Waals surface area (Å²) < 4.78 is 19.8. The van der Waals surface area contributed by atoms with Crippen molar-refractivity contribution in [3.8, 4) is 0 Å². The van der Waals surface area contributed by atoms with Crippen LogP contribution in [0.5, 0.6) is 0 Å². The van der Waals surface area contributed by atoms with Gasteiger partial charge in [-0.3, -0.25) is 0 Å². The van der Waals surface area contributed by atoms with E-state index in [9.17, 15) is 0 Å². The van der Waals surface area contributed by atoms with Gasteiger partial charge in [-0.2, -0.15) is 0 Å². The quantitative estimate of drug-likeness (QED) is 0.176. The first-order valence-electron chi connectivity index (χ1n) is 18.7. The molecule has 1 aliphatic rings. The molecule has 0 fully saturated rings. The largest absolute Gasteiger partial charge is 0.244 e. The van der Waals surface area contributed by atoms with Crippen molar-refractivity contribution >= 4 is 44.1 Å². The molecule has 252 valence electrons. The Morgan fingerprint density at radius 3 is 0.800 bits per heavy atom. The number of imidazole rings is 4. The van der Waals surface area contributed by atoms with Gasteiger partial charge >= 0.3 is 0 Å². The van der Waals surface area contributed by atoms with E-state index in [1.165, 1.54) is 44.1 Å². The smallest absolute Gasteiger partial charge is 0.230 e. The average Bonchev–Trinajstić information content (AvgIpc) is 3.90. The van der Waals surface area contributed by atoms with Crippen molar-refractivity contribution < 1.29 is 18.3 Å². The minimum Gasteiger partial charge on any atom is -0.230 e. The van der Waals surface area contributed by atoms with Gasteiger partial charge in [-0.05, 0) is 74.2 Å². The topological polar surface area (TPSA) is 35.2 Å². The summed E-state index contributed by atoms with van der Waals surface area (Å²) in [5.74, 6) is 0. The molecule has 0 unspecified atom stereocenters. The third-order valence-electron chi connectivity index (χ3n) is 10.8. The summed E-state index contributed by atoms with van der Waals surface area (Å²) in [5.41, 5.74) is 10.6. The second kappa shape index (κ2) is 13.6. The molecule has 0 saturated heterocycles. The van der Waals surface area contributed by atoms with Gasteiger partial charge in [0.1, 0.15) is 0 Å². The first-order valence-corrected chi connectivity index (χ1v) is 18.7. The zero-order valence-electron chi connectivity index (χ0n) is 29.0. The van der Waals surface area contributed by atoms with Crippen LogP contribution >= 0.6 is 0 Å². The molecule has 5 heterocycles. The molecule has 8 aromatic rings. The highest BCUT2D eigenvalue weighted by atomic mass is 15.2. The standard InChI is InChI=1S/C42H48N8/c1-5-19-39-35(15-1)43-23-9-10-24-44-32-49(41-21-7-2-16-36(41)44)29-14-30-50-34-46(38-18-4-8-22-42(38)50)26-12-11-25-45-33-48(28-13-27-47(39)31-43)40-20-6-3-17-37(40)45/h1-8,15-22,31-34H,9-14,23-30H2/q+4. The molecule has 8 heteroatoms. The molecule has 4 aromatic heterocycles. The summed E-state index contributed by atoms with van der Waals surface area (Å²) >= 11 is 0. The van der Waals surface area contributed by atoms with Gasteiger partial charge in [0, 0.05) is 12.8 Å². The summed E-state index contributed by atoms with van der Waals surface area (Å²) in [6.07, 6.45) is 16.2. The van der Waals surface area contributed by atoms with Gasteiger partial charge in [-0.25, -0.2) is 36.5 Å². The fourth-order valence-corrected chi connectivity index (χ4v) is 8.35. The van der Waals surface area contributed by atoms with Crippen LogP contribution in [0.3, 0.4) is 0 Å². The van der Waals surface area contributed by atoms with Gasteiger partial charge < -0.3 is 0 Å². The molecule has 9 rings (SSSR count). The number of para-hydroxylation sites is 8. The normalized spacial score (nSPS) is 15.7. The highest BCUT2D eigenvalue weighted by Gasteiger charge is 2.21. The van der Waals surface area contributed by atoms with E-state index in [0.717, 1.165) is 90.9 Å². The third-order valence-corrected chi connectivity index (χ3v) is 10.8. The number of rotatable bonds is 0. The predicted molar refractivity (Wildman–Crippen MR) is 196 cm³/mol. The van der Waals surface area contributed by atoms with Gasteiger partial charge in [0.05, 0.1) is 52.4 Å². The monoisotopic (exact) mass is 664 g/mol. The van der Waals surface area contributed by atoms with Crippen LogP contribution in [0.25, 0.3) is 44.1 Å². The number of nitrogens with zero attached hydrogens (tertiary/aromatic N) is 8. The Balaban J connectivity index is 1.01. The van der Waals surface area contributed by atoms with Crippen LogP contribution in [0.4, 0.5) is 0 Å². The Bertz CT molecular complexity index is 2080. The van der Waals surface area contributed by atoms with Crippen LogP contribution in [0.15, 0.2) is 122 Å². The van der Waals surface area contributed by atoms with Gasteiger partial charge in [0.2, 0.25) is 25.3 Å². The van der Waals surface area contributed by atoms with E-state index in [1.807, 2.05) is 0 Å². The van der Waals surface area contributed by atoms with Crippen molar-refractivity contribution in [1.29, 1.82) is 0 Å². The molecule has 4 aromatic carbocycles. The zero-order valence-corrected chi connectivity index (χ0v) is 29.0. The molecule has 0 atom stereocenters. The van der Waals surface area contributed by atoms with Gasteiger partial charge in [0.15, 0.2) is 44.1 Å². The number of hydrogen-bond donors (Lipinski definition) is 0. The third kappa shape index (κ3) is 5.86. The first-order chi connectivity index (χ1) is 24.8. The fourth-order valence-electron chi connectivity index (χ4n) is 8.35. The van der Waals surface area contributed by atoms with Crippen molar-refractivity contribution in [2.24, 2.45) is 0 Å². The predicted octanol–water partition coefficient (Wildman–Crippen LogP) is 6.11. The highest BCUT2D eigenvalue weighted by molar-refractivity contribution is 5.73. The van der Waals surface area contributed by atoms with Crippen molar-refractivity contribution in [3.63, 3.8) is 0 Å². The summed E-state index contributed by atoms with van der Waals surface area (Å²) in [6.45, 7) is 8.11. The number of fused-ring (bicyclic) bond motifs is 20. The maximum absolute atomic E-state index is 2.47. The van der Waals surface area contributed by atoms with Crippen molar-refractivity contribution in [2.45, 2.75) is 90.9 Å². The molecular formula is C42H48N8+4. The lowest BCUT2D eigenvalue weighted by atomic mass is 10.2. The second-order valence-corrected chi connectivity index (χ2v) is 14.1. The highest BCUT2D eigenvalue weighted by Crippen LogP contribution is 2.17. The van der Waals surface area contributed by atoms with Crippen LogP contribution in [0.1, 0.15) is 38.5 Å². The number of aromatic nitrogens is 8. The first kappa shape index (κ1) is 30.8. The van der Waals surface area contributed by atoms with Crippen LogP contribution < -0.4 is 18.3 Å². The molecule has 8 nitrogen and oxygen atoms in total. The maximum atomic E-state index is 2.47. The average molecular weight is 665 g/mol. The summed E-state index contributed by atoms with van der Waals surface area (Å²) in [4.78, 5) is 0. The summed E-state index contributed by atoms with van der Waals surface area (Å²) in [6, 6.07) is 35.7. The lowest BCUT2D eigenvalue weighted by molar-refractivity contribution is -0.703. The Morgan fingerprint density at radius 2 is 0.540 bits per heavy atom. The van der Waals surface area contributed by atoms with E-state index in [1.54, 1.807) is 0 Å². The summed E-state index contributed by atoms with van der Waals surface area (Å²) in [7, 11) is 0. The molecule has 0 saturated carbocycles. The second-order valence-electron chi connectivity index (χ2n) is 14.1. The number of hydrogen-bond acceptors (Lipinski definition) is 0. The van der Waals surface area contributed by atoms with Gasteiger partial charge in [-0.1, -0.05) is 48.5 Å². The van der Waals surface area contributed by atoms with E-state index in [-0.39, 0.29) is 0 Å². The maximum Gasteiger partial charge on any atom is 0.244 e. The van der Waals surface area contributed by atoms with E-state index in [2.05, 4.69) is 159 Å². The molecule has 0 N–H and O–H groups in total. The molecule has 50 heavy (non-hydrogen) atoms. The van der Waals surface area contributed by atoms with E-state index >= 15 is 0 Å². The van der Waals surface area contributed by atoms with Crippen LogP contribution in [-0.4, -0.2) is 18.3 Å². The SMILES string of the molecule is c1ccc2c(c1)n1c[n+]2CCC[n+]2cn(c3ccccc32)CCCCn2c[n+](c3ccccc32)CCC[n+]2cn(c3ccccc32)CCCC1. The van der Waals surface area contributed by atoms with E-state index in [0.29, 0.717) is 0 Å². The van der Waals surface area contributed by atoms with Crippen molar-refractivity contribution in [2.75, 3.05) is 0 Å². The van der Waals surface area contributed by atoms with Gasteiger partial charge in [0.25, 0.3) is 0 Å². The van der Waals surface area contributed by atoms with E-state index < -0.39 is 0 Å². The van der Waals surface area contributed by atoms with Gasteiger partial charge in [-0.15, -0.1) is 0 Å². The molecule has 0 amide bonds. The fraction of sp³-hybridized carbons (Fsp3) is 0.333.